The summed E-state index contributed by atoms with van der Waals surface area (Å²) in [5.41, 5.74) is 2.24. The predicted molar refractivity (Wildman–Crippen MR) is 120 cm³/mol. The number of rotatable bonds is 6. The number of aromatic nitrogens is 1. The molecule has 0 bridgehead atoms. The van der Waals surface area contributed by atoms with E-state index in [0.29, 0.717) is 23.7 Å². The molecule has 1 aliphatic carbocycles. The first-order chi connectivity index (χ1) is 14.5. The molecular formula is C24H26N4O2. The number of nitrogens with one attached hydrogen (secondary N) is 2. The number of nitrogens with zero attached hydrogens (tertiary/aromatic N) is 2. The lowest BCUT2D eigenvalue weighted by atomic mass is 9.85. The van der Waals surface area contributed by atoms with Crippen LogP contribution in [-0.2, 0) is 0 Å². The second kappa shape index (κ2) is 8.53. The zero-order valence-electron chi connectivity index (χ0n) is 17.3. The van der Waals surface area contributed by atoms with E-state index in [-0.39, 0.29) is 17.5 Å². The van der Waals surface area contributed by atoms with Crippen molar-refractivity contribution in [1.29, 1.82) is 0 Å². The van der Waals surface area contributed by atoms with E-state index in [0.717, 1.165) is 29.3 Å². The van der Waals surface area contributed by atoms with E-state index in [1.54, 1.807) is 18.3 Å². The van der Waals surface area contributed by atoms with Crippen molar-refractivity contribution >= 4 is 34.0 Å². The standard InChI is InChI=1S/C24H26N4O2/c1-28(2)21-13-12-19(17-9-3-4-10-18(17)21)23(29)27-20-11-6-14-25-22(20)24(30)26-15-16-7-5-8-16/h3-4,6,9-14,16H,5,7-8,15H2,1-2H3,(H,26,30)(H,27,29). The van der Waals surface area contributed by atoms with Gasteiger partial charge in [-0.3, -0.25) is 9.59 Å². The van der Waals surface area contributed by atoms with Crippen LogP contribution in [0.25, 0.3) is 10.8 Å². The lowest BCUT2D eigenvalue weighted by molar-refractivity contribution is 0.0935. The summed E-state index contributed by atoms with van der Waals surface area (Å²) >= 11 is 0. The number of anilines is 2. The molecular weight excluding hydrogens is 376 g/mol. The largest absolute Gasteiger partial charge is 0.377 e. The Morgan fingerprint density at radius 2 is 1.77 bits per heavy atom. The van der Waals surface area contributed by atoms with Gasteiger partial charge >= 0.3 is 0 Å². The number of pyridine rings is 1. The molecule has 1 fully saturated rings. The number of benzene rings is 2. The van der Waals surface area contributed by atoms with Gasteiger partial charge in [-0.1, -0.05) is 30.7 Å². The van der Waals surface area contributed by atoms with Gasteiger partial charge in [-0.25, -0.2) is 4.98 Å². The smallest absolute Gasteiger partial charge is 0.272 e. The van der Waals surface area contributed by atoms with Crippen LogP contribution in [0.3, 0.4) is 0 Å². The highest BCUT2D eigenvalue weighted by atomic mass is 16.2. The molecule has 1 saturated carbocycles. The van der Waals surface area contributed by atoms with Crippen LogP contribution >= 0.6 is 0 Å². The molecule has 30 heavy (non-hydrogen) atoms. The minimum atomic E-state index is -0.266. The summed E-state index contributed by atoms with van der Waals surface area (Å²) in [7, 11) is 3.96. The van der Waals surface area contributed by atoms with Crippen LogP contribution in [0.15, 0.2) is 54.7 Å². The Morgan fingerprint density at radius 1 is 1.00 bits per heavy atom. The number of carbonyl (C=O) groups is 2. The van der Waals surface area contributed by atoms with Gasteiger partial charge in [0.05, 0.1) is 5.69 Å². The molecule has 0 radical (unpaired) electrons. The first-order valence-electron chi connectivity index (χ1n) is 10.3. The molecule has 0 spiro atoms. The minimum Gasteiger partial charge on any atom is -0.377 e. The third-order valence-electron chi connectivity index (χ3n) is 5.67. The van der Waals surface area contributed by atoms with Crippen molar-refractivity contribution in [2.45, 2.75) is 19.3 Å². The molecule has 1 aromatic heterocycles. The van der Waals surface area contributed by atoms with Crippen LogP contribution in [-0.4, -0.2) is 37.4 Å². The van der Waals surface area contributed by atoms with Crippen molar-refractivity contribution in [2.24, 2.45) is 5.92 Å². The molecule has 4 rings (SSSR count). The summed E-state index contributed by atoms with van der Waals surface area (Å²) in [5.74, 6) is 0.0282. The quantitative estimate of drug-likeness (QED) is 0.651. The predicted octanol–water partition coefficient (Wildman–Crippen LogP) is 4.08. The van der Waals surface area contributed by atoms with Gasteiger partial charge in [-0.15, -0.1) is 0 Å². The van der Waals surface area contributed by atoms with Gasteiger partial charge in [-0.2, -0.15) is 0 Å². The van der Waals surface area contributed by atoms with Gasteiger partial charge in [0.25, 0.3) is 11.8 Å². The number of fused-ring (bicyclic) bond motifs is 1. The normalized spacial score (nSPS) is 13.5. The summed E-state index contributed by atoms with van der Waals surface area (Å²) in [4.78, 5) is 32.0. The maximum atomic E-state index is 13.1. The van der Waals surface area contributed by atoms with E-state index in [9.17, 15) is 9.59 Å². The Labute approximate surface area is 176 Å². The number of hydrogen-bond acceptors (Lipinski definition) is 4. The Morgan fingerprint density at radius 3 is 2.47 bits per heavy atom. The van der Waals surface area contributed by atoms with Crippen LogP contribution in [0.5, 0.6) is 0 Å². The number of amides is 2. The molecule has 3 aromatic rings. The van der Waals surface area contributed by atoms with Crippen molar-refractivity contribution in [3.63, 3.8) is 0 Å². The first-order valence-corrected chi connectivity index (χ1v) is 10.3. The summed E-state index contributed by atoms with van der Waals surface area (Å²) in [5, 5.41) is 7.70. The zero-order chi connectivity index (χ0) is 21.1. The average molecular weight is 402 g/mol. The molecule has 6 heteroatoms. The average Bonchev–Trinajstić information content (AvgIpc) is 2.71. The van der Waals surface area contributed by atoms with Gasteiger partial charge in [0.2, 0.25) is 0 Å². The Bertz CT molecular complexity index is 1090. The monoisotopic (exact) mass is 402 g/mol. The van der Waals surface area contributed by atoms with Gasteiger partial charge in [-0.05, 0) is 48.4 Å². The topological polar surface area (TPSA) is 74.3 Å². The van der Waals surface area contributed by atoms with E-state index < -0.39 is 0 Å². The molecule has 0 unspecified atom stereocenters. The molecule has 0 atom stereocenters. The molecule has 0 aliphatic heterocycles. The maximum absolute atomic E-state index is 13.1. The Kier molecular flexibility index (Phi) is 5.65. The van der Waals surface area contributed by atoms with Crippen LogP contribution in [0, 0.1) is 5.92 Å². The van der Waals surface area contributed by atoms with Crippen LogP contribution in [0.2, 0.25) is 0 Å². The van der Waals surface area contributed by atoms with E-state index in [1.165, 1.54) is 6.42 Å². The molecule has 2 aromatic carbocycles. The lowest BCUT2D eigenvalue weighted by Gasteiger charge is -2.25. The molecule has 0 saturated heterocycles. The SMILES string of the molecule is CN(C)c1ccc(C(=O)Nc2cccnc2C(=O)NCC2CCC2)c2ccccc12. The lowest BCUT2D eigenvalue weighted by Crippen LogP contribution is -2.33. The van der Waals surface area contributed by atoms with Crippen molar-refractivity contribution in [3.8, 4) is 0 Å². The van der Waals surface area contributed by atoms with Crippen LogP contribution in [0.1, 0.15) is 40.1 Å². The highest BCUT2D eigenvalue weighted by Gasteiger charge is 2.21. The fourth-order valence-electron chi connectivity index (χ4n) is 3.77. The Hall–Kier alpha value is -3.41. The summed E-state index contributed by atoms with van der Waals surface area (Å²) in [6.45, 7) is 0.652. The third kappa shape index (κ3) is 3.99. The van der Waals surface area contributed by atoms with Crippen LogP contribution < -0.4 is 15.5 Å². The van der Waals surface area contributed by atoms with Crippen molar-refractivity contribution in [3.05, 3.63) is 66.0 Å². The fourth-order valence-corrected chi connectivity index (χ4v) is 3.77. The van der Waals surface area contributed by atoms with E-state index in [1.807, 2.05) is 55.4 Å². The highest BCUT2D eigenvalue weighted by Crippen LogP contribution is 2.29. The van der Waals surface area contributed by atoms with Crippen molar-refractivity contribution < 1.29 is 9.59 Å². The van der Waals surface area contributed by atoms with E-state index in [2.05, 4.69) is 15.6 Å². The van der Waals surface area contributed by atoms with Crippen LogP contribution in [0.4, 0.5) is 11.4 Å². The van der Waals surface area contributed by atoms with Gasteiger partial charge in [0.1, 0.15) is 0 Å². The molecule has 6 nitrogen and oxygen atoms in total. The molecule has 154 valence electrons. The van der Waals surface area contributed by atoms with Crippen molar-refractivity contribution in [2.75, 3.05) is 30.9 Å². The van der Waals surface area contributed by atoms with Gasteiger partial charge in [0, 0.05) is 43.5 Å². The van der Waals surface area contributed by atoms with E-state index >= 15 is 0 Å². The second-order valence-electron chi connectivity index (χ2n) is 7.93. The highest BCUT2D eigenvalue weighted by molar-refractivity contribution is 6.16. The molecule has 1 heterocycles. The van der Waals surface area contributed by atoms with Gasteiger partial charge < -0.3 is 15.5 Å². The first kappa shape index (κ1) is 19.9. The Balaban J connectivity index is 1.59. The molecule has 2 N–H and O–H groups in total. The summed E-state index contributed by atoms with van der Waals surface area (Å²) in [6.07, 6.45) is 5.10. The maximum Gasteiger partial charge on any atom is 0.272 e. The number of hydrogen-bond donors (Lipinski definition) is 2. The van der Waals surface area contributed by atoms with Crippen molar-refractivity contribution in [1.82, 2.24) is 10.3 Å². The summed E-state index contributed by atoms with van der Waals surface area (Å²) in [6, 6.07) is 15.0. The van der Waals surface area contributed by atoms with Gasteiger partial charge in [0.15, 0.2) is 5.69 Å². The zero-order valence-corrected chi connectivity index (χ0v) is 17.3. The fraction of sp³-hybridized carbons (Fsp3) is 0.292. The number of carbonyl (C=O) groups excluding carboxylic acids is 2. The third-order valence-corrected chi connectivity index (χ3v) is 5.67. The minimum absolute atomic E-state index is 0.236. The van der Waals surface area contributed by atoms with E-state index in [4.69, 9.17) is 0 Å². The second-order valence-corrected chi connectivity index (χ2v) is 7.93. The molecule has 2 amide bonds. The summed E-state index contributed by atoms with van der Waals surface area (Å²) < 4.78 is 0. The molecule has 1 aliphatic rings.